The highest BCUT2D eigenvalue weighted by Gasteiger charge is 2.16. The van der Waals surface area contributed by atoms with E-state index in [1.807, 2.05) is 45.0 Å². The molecule has 0 aliphatic carbocycles. The molecule has 0 unspecified atom stereocenters. The first-order valence-electron chi connectivity index (χ1n) is 6.19. The van der Waals surface area contributed by atoms with Gasteiger partial charge in [0.25, 0.3) is 0 Å². The normalized spacial score (nSPS) is 10.8. The summed E-state index contributed by atoms with van der Waals surface area (Å²) in [6.45, 7) is 5.94. The van der Waals surface area contributed by atoms with Crippen LogP contribution in [0.4, 0.5) is 5.69 Å². The van der Waals surface area contributed by atoms with Crippen LogP contribution < -0.4 is 15.2 Å². The van der Waals surface area contributed by atoms with E-state index in [4.69, 9.17) is 15.2 Å². The van der Waals surface area contributed by atoms with Crippen molar-refractivity contribution in [2.24, 2.45) is 0 Å². The molecule has 1 aromatic carbocycles. The number of rotatable bonds is 4. The Labute approximate surface area is 112 Å². The fourth-order valence-electron chi connectivity index (χ4n) is 1.75. The molecular formula is C14H19N3O2. The van der Waals surface area contributed by atoms with Gasteiger partial charge in [0.05, 0.1) is 18.8 Å². The summed E-state index contributed by atoms with van der Waals surface area (Å²) in [6.07, 6.45) is 0. The van der Waals surface area contributed by atoms with E-state index in [1.165, 1.54) is 0 Å². The second-order valence-electron chi connectivity index (χ2n) is 4.62. The van der Waals surface area contributed by atoms with Crippen molar-refractivity contribution in [3.63, 3.8) is 0 Å². The molecule has 0 atom stereocenters. The number of nitrogens with two attached hydrogens (primary N) is 1. The minimum absolute atomic E-state index is 0.184. The van der Waals surface area contributed by atoms with Gasteiger partial charge in [-0.2, -0.15) is 5.10 Å². The van der Waals surface area contributed by atoms with Crippen LogP contribution in [0.1, 0.15) is 25.6 Å². The van der Waals surface area contributed by atoms with E-state index in [2.05, 4.69) is 5.10 Å². The Morgan fingerprint density at radius 2 is 1.74 bits per heavy atom. The van der Waals surface area contributed by atoms with Crippen molar-refractivity contribution in [3.8, 4) is 17.4 Å². The zero-order valence-corrected chi connectivity index (χ0v) is 11.7. The molecule has 2 aromatic rings. The van der Waals surface area contributed by atoms with Gasteiger partial charge >= 0.3 is 0 Å². The highest BCUT2D eigenvalue weighted by Crippen LogP contribution is 2.32. The second kappa shape index (κ2) is 5.22. The third-order valence-electron chi connectivity index (χ3n) is 2.85. The highest BCUT2D eigenvalue weighted by atomic mass is 16.5. The SMILES string of the molecule is COc1ccc(Oc2c(N)c(C)nn2C(C)C)cc1. The molecule has 102 valence electrons. The monoisotopic (exact) mass is 261 g/mol. The van der Waals surface area contributed by atoms with Gasteiger partial charge < -0.3 is 15.2 Å². The fraction of sp³-hybridized carbons (Fsp3) is 0.357. The molecule has 2 rings (SSSR count). The summed E-state index contributed by atoms with van der Waals surface area (Å²) >= 11 is 0. The molecule has 0 bridgehead atoms. The maximum atomic E-state index is 6.01. The van der Waals surface area contributed by atoms with E-state index in [0.717, 1.165) is 11.4 Å². The topological polar surface area (TPSA) is 62.3 Å². The first-order valence-corrected chi connectivity index (χ1v) is 6.19. The summed E-state index contributed by atoms with van der Waals surface area (Å²) in [4.78, 5) is 0. The Morgan fingerprint density at radius 3 is 2.26 bits per heavy atom. The van der Waals surface area contributed by atoms with E-state index < -0.39 is 0 Å². The quantitative estimate of drug-likeness (QED) is 0.918. The molecule has 19 heavy (non-hydrogen) atoms. The maximum absolute atomic E-state index is 6.01. The molecule has 0 spiro atoms. The number of ether oxygens (including phenoxy) is 2. The molecule has 5 heteroatoms. The molecule has 2 N–H and O–H groups in total. The predicted octanol–water partition coefficient (Wildman–Crippen LogP) is 3.16. The minimum atomic E-state index is 0.184. The zero-order chi connectivity index (χ0) is 14.0. The molecule has 5 nitrogen and oxygen atoms in total. The molecule has 0 aliphatic rings. The maximum Gasteiger partial charge on any atom is 0.241 e. The minimum Gasteiger partial charge on any atom is -0.497 e. The number of aryl methyl sites for hydroxylation is 1. The van der Waals surface area contributed by atoms with Crippen molar-refractivity contribution >= 4 is 5.69 Å². The molecule has 0 saturated carbocycles. The molecule has 1 aromatic heterocycles. The van der Waals surface area contributed by atoms with Gasteiger partial charge in [-0.05, 0) is 45.0 Å². The Hall–Kier alpha value is -2.17. The Kier molecular flexibility index (Phi) is 3.64. The van der Waals surface area contributed by atoms with Gasteiger partial charge in [0.1, 0.15) is 17.2 Å². The molecule has 0 fully saturated rings. The molecule has 0 radical (unpaired) electrons. The average molecular weight is 261 g/mol. The molecule has 1 heterocycles. The van der Waals surface area contributed by atoms with Crippen LogP contribution in [0.15, 0.2) is 24.3 Å². The summed E-state index contributed by atoms with van der Waals surface area (Å²) in [5, 5.41) is 4.38. The molecular weight excluding hydrogens is 242 g/mol. The van der Waals surface area contributed by atoms with Crippen molar-refractivity contribution in [3.05, 3.63) is 30.0 Å². The van der Waals surface area contributed by atoms with Crippen LogP contribution in [-0.4, -0.2) is 16.9 Å². The summed E-state index contributed by atoms with van der Waals surface area (Å²) in [6, 6.07) is 7.55. The van der Waals surface area contributed by atoms with E-state index >= 15 is 0 Å². The van der Waals surface area contributed by atoms with Gasteiger partial charge in [0.2, 0.25) is 5.88 Å². The van der Waals surface area contributed by atoms with Gasteiger partial charge in [-0.25, -0.2) is 4.68 Å². The predicted molar refractivity (Wildman–Crippen MR) is 74.8 cm³/mol. The summed E-state index contributed by atoms with van der Waals surface area (Å²) in [5.74, 6) is 2.07. The third-order valence-corrected chi connectivity index (χ3v) is 2.85. The van der Waals surface area contributed by atoms with Crippen molar-refractivity contribution < 1.29 is 9.47 Å². The van der Waals surface area contributed by atoms with Gasteiger partial charge in [-0.3, -0.25) is 0 Å². The number of nitrogens with zero attached hydrogens (tertiary/aromatic N) is 2. The lowest BCUT2D eigenvalue weighted by atomic mass is 10.3. The Morgan fingerprint density at radius 1 is 1.16 bits per heavy atom. The van der Waals surface area contributed by atoms with Crippen molar-refractivity contribution in [2.45, 2.75) is 26.8 Å². The standard InChI is InChI=1S/C14H19N3O2/c1-9(2)17-14(13(15)10(3)16-17)19-12-7-5-11(18-4)6-8-12/h5-9H,15H2,1-4H3. The zero-order valence-electron chi connectivity index (χ0n) is 11.7. The van der Waals surface area contributed by atoms with Crippen molar-refractivity contribution in [2.75, 3.05) is 12.8 Å². The van der Waals surface area contributed by atoms with Gasteiger partial charge in [-0.15, -0.1) is 0 Å². The highest BCUT2D eigenvalue weighted by molar-refractivity contribution is 5.54. The van der Waals surface area contributed by atoms with Crippen LogP contribution in [-0.2, 0) is 0 Å². The van der Waals surface area contributed by atoms with Gasteiger partial charge in [0, 0.05) is 0 Å². The number of benzene rings is 1. The van der Waals surface area contributed by atoms with Gasteiger partial charge in [-0.1, -0.05) is 0 Å². The number of methoxy groups -OCH3 is 1. The summed E-state index contributed by atoms with van der Waals surface area (Å²) in [7, 11) is 1.63. The smallest absolute Gasteiger partial charge is 0.241 e. The largest absolute Gasteiger partial charge is 0.497 e. The molecule has 0 amide bonds. The molecule has 0 saturated heterocycles. The molecule has 0 aliphatic heterocycles. The van der Waals surface area contributed by atoms with Crippen LogP contribution in [0, 0.1) is 6.92 Å². The van der Waals surface area contributed by atoms with E-state index in [-0.39, 0.29) is 6.04 Å². The van der Waals surface area contributed by atoms with E-state index in [1.54, 1.807) is 11.8 Å². The lowest BCUT2D eigenvalue weighted by Gasteiger charge is -2.12. The summed E-state index contributed by atoms with van der Waals surface area (Å²) < 4.78 is 12.7. The summed E-state index contributed by atoms with van der Waals surface area (Å²) in [5.41, 5.74) is 7.36. The number of hydrogen-bond acceptors (Lipinski definition) is 4. The van der Waals surface area contributed by atoms with Crippen molar-refractivity contribution in [1.82, 2.24) is 9.78 Å². The van der Waals surface area contributed by atoms with E-state index in [9.17, 15) is 0 Å². The third kappa shape index (κ3) is 2.65. The Balaban J connectivity index is 2.31. The second-order valence-corrected chi connectivity index (χ2v) is 4.62. The first kappa shape index (κ1) is 13.3. The van der Waals surface area contributed by atoms with Crippen LogP contribution in [0.5, 0.6) is 17.4 Å². The van der Waals surface area contributed by atoms with Crippen LogP contribution in [0.3, 0.4) is 0 Å². The van der Waals surface area contributed by atoms with Crippen LogP contribution >= 0.6 is 0 Å². The number of anilines is 1. The number of nitrogen functional groups attached to an aromatic ring is 1. The number of aromatic nitrogens is 2. The van der Waals surface area contributed by atoms with Crippen LogP contribution in [0.2, 0.25) is 0 Å². The average Bonchev–Trinajstić information content (AvgIpc) is 2.68. The van der Waals surface area contributed by atoms with E-state index in [0.29, 0.717) is 17.3 Å². The first-order chi connectivity index (χ1) is 9.02. The number of hydrogen-bond donors (Lipinski definition) is 1. The Bertz CT molecular complexity index is 559. The lowest BCUT2D eigenvalue weighted by Crippen LogP contribution is -2.05. The fourth-order valence-corrected chi connectivity index (χ4v) is 1.75. The lowest BCUT2D eigenvalue weighted by molar-refractivity contribution is 0.387. The van der Waals surface area contributed by atoms with Gasteiger partial charge in [0.15, 0.2) is 0 Å². The van der Waals surface area contributed by atoms with Crippen molar-refractivity contribution in [1.29, 1.82) is 0 Å². The van der Waals surface area contributed by atoms with Crippen LogP contribution in [0.25, 0.3) is 0 Å².